The number of ether oxygens (including phenoxy) is 2. The summed E-state index contributed by atoms with van der Waals surface area (Å²) >= 11 is 0. The molecule has 0 aromatic heterocycles. The Morgan fingerprint density at radius 3 is 2.89 bits per heavy atom. The predicted octanol–water partition coefficient (Wildman–Crippen LogP) is 4.16. The second-order valence-corrected chi connectivity index (χ2v) is 9.57. The Labute approximate surface area is 215 Å². The molecule has 1 atom stereocenters. The lowest BCUT2D eigenvalue weighted by Crippen LogP contribution is -2.47. The molecule has 0 saturated carbocycles. The number of nitrogens with one attached hydrogen (secondary N) is 2. The first-order valence-electron chi connectivity index (χ1n) is 12.5. The fourth-order valence-corrected chi connectivity index (χ4v) is 5.10. The molecule has 7 nitrogen and oxygen atoms in total. The Kier molecular flexibility index (Phi) is 7.10. The molecule has 192 valence electrons. The molecule has 3 aromatic rings. The molecule has 2 heterocycles. The minimum absolute atomic E-state index is 0.0730. The highest BCUT2D eigenvalue weighted by molar-refractivity contribution is 6.15. The van der Waals surface area contributed by atoms with Gasteiger partial charge < -0.3 is 20.5 Å². The fourth-order valence-electron chi connectivity index (χ4n) is 5.10. The largest absolute Gasteiger partial charge is 0.496 e. The molecule has 2 aliphatic rings. The summed E-state index contributed by atoms with van der Waals surface area (Å²) < 4.78 is 25.3. The van der Waals surface area contributed by atoms with Crippen molar-refractivity contribution in [3.8, 4) is 11.5 Å². The number of nitrogens with two attached hydrogens (primary N) is 1. The molecule has 0 bridgehead atoms. The molecule has 37 heavy (non-hydrogen) atoms. The van der Waals surface area contributed by atoms with Gasteiger partial charge in [0.15, 0.2) is 0 Å². The molecular formula is C29H31FN4O3. The molecule has 1 unspecified atom stereocenters. The minimum atomic E-state index is -0.293. The van der Waals surface area contributed by atoms with Crippen LogP contribution in [0.1, 0.15) is 45.5 Å². The Hall–Kier alpha value is -3.91. The van der Waals surface area contributed by atoms with E-state index in [1.54, 1.807) is 30.3 Å². The molecule has 5 rings (SSSR count). The lowest BCUT2D eigenvalue weighted by atomic mass is 9.96. The number of hydrogen-bond donors (Lipinski definition) is 3. The molecule has 8 heteroatoms. The molecule has 4 N–H and O–H groups in total. The average molecular weight is 503 g/mol. The number of methoxy groups -OCH3 is 1. The quantitative estimate of drug-likeness (QED) is 0.333. The number of likely N-dealkylation sites (tertiary alicyclic amines) is 1. The van der Waals surface area contributed by atoms with E-state index < -0.39 is 0 Å². The zero-order valence-corrected chi connectivity index (χ0v) is 20.9. The van der Waals surface area contributed by atoms with Gasteiger partial charge in [0.2, 0.25) is 0 Å². The first-order valence-corrected chi connectivity index (χ1v) is 12.5. The zero-order valence-electron chi connectivity index (χ0n) is 20.9. The number of piperidine rings is 1. The van der Waals surface area contributed by atoms with Crippen LogP contribution in [-0.4, -0.2) is 49.4 Å². The highest BCUT2D eigenvalue weighted by atomic mass is 19.1. The topological polar surface area (TPSA) is 101 Å². The van der Waals surface area contributed by atoms with Crippen molar-refractivity contribution >= 4 is 17.3 Å². The molecule has 2 aliphatic heterocycles. The van der Waals surface area contributed by atoms with Crippen LogP contribution in [0.15, 0.2) is 54.6 Å². The smallest absolute Gasteiger partial charge is 0.251 e. The van der Waals surface area contributed by atoms with Gasteiger partial charge in [-0.15, -0.1) is 0 Å². The Bertz CT molecular complexity index is 1340. The van der Waals surface area contributed by atoms with Crippen molar-refractivity contribution < 1.29 is 18.7 Å². The van der Waals surface area contributed by atoms with E-state index in [4.69, 9.17) is 20.6 Å². The molecule has 0 spiro atoms. The maximum absolute atomic E-state index is 14.4. The van der Waals surface area contributed by atoms with E-state index in [0.717, 1.165) is 42.7 Å². The molecule has 3 aromatic carbocycles. The third kappa shape index (κ3) is 5.29. The van der Waals surface area contributed by atoms with Crippen molar-refractivity contribution in [2.75, 3.05) is 32.5 Å². The van der Waals surface area contributed by atoms with Crippen LogP contribution in [-0.2, 0) is 13.0 Å². The van der Waals surface area contributed by atoms with Crippen molar-refractivity contribution in [3.63, 3.8) is 0 Å². The van der Waals surface area contributed by atoms with Gasteiger partial charge in [-0.1, -0.05) is 6.07 Å². The predicted molar refractivity (Wildman–Crippen MR) is 141 cm³/mol. The van der Waals surface area contributed by atoms with Gasteiger partial charge in [0.05, 0.1) is 19.4 Å². The number of carbonyl (C=O) groups is 1. The van der Waals surface area contributed by atoms with Crippen molar-refractivity contribution in [1.82, 2.24) is 10.2 Å². The second kappa shape index (κ2) is 10.6. The van der Waals surface area contributed by atoms with Crippen molar-refractivity contribution in [1.29, 1.82) is 5.41 Å². The standard InChI is InChI=1S/C29H31FN4O3/c1-36-27-6-2-5-24(30)23(27)17-34-12-3-4-21(16-34)33-29(35)20-7-9-25(31)22(15-20)28(32)19-8-10-26-18(14-19)11-13-37-26/h2,5-10,14-15,21,32H,3-4,11-13,16-17,31H2,1H3,(H,33,35). The molecule has 1 saturated heterocycles. The van der Waals surface area contributed by atoms with Gasteiger partial charge in [0.25, 0.3) is 5.91 Å². The van der Waals surface area contributed by atoms with Crippen LogP contribution in [0.5, 0.6) is 11.5 Å². The summed E-state index contributed by atoms with van der Waals surface area (Å²) in [5, 5.41) is 11.9. The lowest BCUT2D eigenvalue weighted by Gasteiger charge is -2.33. The first-order chi connectivity index (χ1) is 17.9. The number of nitrogen functional groups attached to an aromatic ring is 1. The summed E-state index contributed by atoms with van der Waals surface area (Å²) in [5.41, 5.74) is 10.2. The second-order valence-electron chi connectivity index (χ2n) is 9.57. The van der Waals surface area contributed by atoms with E-state index in [1.807, 2.05) is 18.2 Å². The third-order valence-electron chi connectivity index (χ3n) is 7.08. The van der Waals surface area contributed by atoms with Gasteiger partial charge in [-0.2, -0.15) is 0 Å². The Balaban J connectivity index is 1.27. The maximum atomic E-state index is 14.4. The van der Waals surface area contributed by atoms with Crippen LogP contribution < -0.4 is 20.5 Å². The van der Waals surface area contributed by atoms with Crippen molar-refractivity contribution in [2.24, 2.45) is 0 Å². The molecule has 1 amide bonds. The van der Waals surface area contributed by atoms with Crippen LogP contribution in [0.3, 0.4) is 0 Å². The monoisotopic (exact) mass is 502 g/mol. The summed E-state index contributed by atoms with van der Waals surface area (Å²) in [4.78, 5) is 15.3. The van der Waals surface area contributed by atoms with Crippen LogP contribution in [0.25, 0.3) is 0 Å². The van der Waals surface area contributed by atoms with E-state index in [9.17, 15) is 9.18 Å². The number of hydrogen-bond acceptors (Lipinski definition) is 6. The van der Waals surface area contributed by atoms with E-state index >= 15 is 0 Å². The maximum Gasteiger partial charge on any atom is 0.251 e. The summed E-state index contributed by atoms with van der Waals surface area (Å²) in [7, 11) is 1.54. The van der Waals surface area contributed by atoms with Crippen molar-refractivity contribution in [3.05, 3.63) is 88.2 Å². The number of anilines is 1. The van der Waals surface area contributed by atoms with Crippen LogP contribution in [0.4, 0.5) is 10.1 Å². The van der Waals surface area contributed by atoms with E-state index in [0.29, 0.717) is 47.8 Å². The molecular weight excluding hydrogens is 471 g/mol. The molecule has 0 radical (unpaired) electrons. The van der Waals surface area contributed by atoms with Gasteiger partial charge in [0.1, 0.15) is 17.3 Å². The number of rotatable bonds is 7. The van der Waals surface area contributed by atoms with Crippen LogP contribution in [0.2, 0.25) is 0 Å². The van der Waals surface area contributed by atoms with Crippen molar-refractivity contribution in [2.45, 2.75) is 31.8 Å². The highest BCUT2D eigenvalue weighted by Gasteiger charge is 2.24. The van der Waals surface area contributed by atoms with Gasteiger partial charge in [-0.05, 0) is 73.5 Å². The van der Waals surface area contributed by atoms with E-state index in [1.165, 1.54) is 13.2 Å². The SMILES string of the molecule is COc1cccc(F)c1CN1CCCC(NC(=O)c2ccc(N)c(C(=N)c3ccc4c(c3)CCO4)c2)C1. The molecule has 1 fully saturated rings. The van der Waals surface area contributed by atoms with Gasteiger partial charge in [-0.3, -0.25) is 15.1 Å². The molecule has 0 aliphatic carbocycles. The van der Waals surface area contributed by atoms with E-state index in [-0.39, 0.29) is 23.5 Å². The van der Waals surface area contributed by atoms with Crippen LogP contribution in [0, 0.1) is 11.2 Å². The Morgan fingerprint density at radius 1 is 1.22 bits per heavy atom. The number of halogens is 1. The Morgan fingerprint density at radius 2 is 2.05 bits per heavy atom. The normalized spacial score (nSPS) is 17.1. The highest BCUT2D eigenvalue weighted by Crippen LogP contribution is 2.28. The van der Waals surface area contributed by atoms with Gasteiger partial charge >= 0.3 is 0 Å². The summed E-state index contributed by atoms with van der Waals surface area (Å²) in [6, 6.07) is 15.5. The number of benzene rings is 3. The number of carbonyl (C=O) groups excluding carboxylic acids is 1. The number of nitrogens with zero attached hydrogens (tertiary/aromatic N) is 1. The summed E-state index contributed by atoms with van der Waals surface area (Å²) in [6.07, 6.45) is 2.55. The number of fused-ring (bicyclic) bond motifs is 1. The minimum Gasteiger partial charge on any atom is -0.496 e. The zero-order chi connectivity index (χ0) is 25.9. The lowest BCUT2D eigenvalue weighted by molar-refractivity contribution is 0.0899. The van der Waals surface area contributed by atoms with Crippen LogP contribution >= 0.6 is 0 Å². The third-order valence-corrected chi connectivity index (χ3v) is 7.08. The summed E-state index contributed by atoms with van der Waals surface area (Å²) in [5.74, 6) is 0.872. The first kappa shape index (κ1) is 24.8. The van der Waals surface area contributed by atoms with E-state index in [2.05, 4.69) is 10.2 Å². The van der Waals surface area contributed by atoms with Gasteiger partial charge in [-0.25, -0.2) is 4.39 Å². The summed E-state index contributed by atoms with van der Waals surface area (Å²) in [6.45, 7) is 2.49. The average Bonchev–Trinajstić information content (AvgIpc) is 3.38. The van der Waals surface area contributed by atoms with Gasteiger partial charge in [0, 0.05) is 53.5 Å². The fraction of sp³-hybridized carbons (Fsp3) is 0.310. The number of amides is 1.